The Hall–Kier alpha value is -3.91. The molecule has 0 unspecified atom stereocenters. The molecule has 0 bridgehead atoms. The first-order valence-electron chi connectivity index (χ1n) is 11.4. The minimum atomic E-state index is -0.267. The molecule has 0 aliphatic heterocycles. The lowest BCUT2D eigenvalue weighted by atomic mass is 10.1. The second-order valence-electron chi connectivity index (χ2n) is 8.28. The largest absolute Gasteiger partial charge is 0.495 e. The number of hydrogen-bond donors (Lipinski definition) is 1. The Kier molecular flexibility index (Phi) is 7.31. The fourth-order valence-electron chi connectivity index (χ4n) is 4.00. The van der Waals surface area contributed by atoms with E-state index in [1.165, 1.54) is 12.1 Å². The number of nitrogens with one attached hydrogen (secondary N) is 1. The lowest BCUT2D eigenvalue weighted by Crippen LogP contribution is -2.31. The number of anilines is 1. The molecule has 0 aliphatic rings. The van der Waals surface area contributed by atoms with E-state index in [-0.39, 0.29) is 11.9 Å². The summed E-state index contributed by atoms with van der Waals surface area (Å²) in [6, 6.07) is 12.3. The van der Waals surface area contributed by atoms with E-state index >= 15 is 0 Å². The summed E-state index contributed by atoms with van der Waals surface area (Å²) in [7, 11) is 3.31. The van der Waals surface area contributed by atoms with Crippen molar-refractivity contribution < 1.29 is 13.9 Å². The lowest BCUT2D eigenvalue weighted by molar-refractivity contribution is 0.210. The second kappa shape index (κ2) is 10.6. The van der Waals surface area contributed by atoms with E-state index < -0.39 is 0 Å². The van der Waals surface area contributed by atoms with E-state index in [0.717, 1.165) is 39.0 Å². The zero-order valence-electron chi connectivity index (χ0n) is 20.5. The maximum absolute atomic E-state index is 13.5. The highest BCUT2D eigenvalue weighted by molar-refractivity contribution is 5.58. The van der Waals surface area contributed by atoms with Gasteiger partial charge in [-0.15, -0.1) is 0 Å². The van der Waals surface area contributed by atoms with Gasteiger partial charge in [-0.2, -0.15) is 0 Å². The van der Waals surface area contributed by atoms with Crippen molar-refractivity contribution in [1.29, 1.82) is 0 Å². The van der Waals surface area contributed by atoms with E-state index in [4.69, 9.17) is 14.5 Å². The van der Waals surface area contributed by atoms with Crippen molar-refractivity contribution in [3.8, 4) is 11.4 Å². The summed E-state index contributed by atoms with van der Waals surface area (Å²) in [6.07, 6.45) is 5.69. The quantitative estimate of drug-likeness (QED) is 0.376. The highest BCUT2D eigenvalue weighted by atomic mass is 19.1. The van der Waals surface area contributed by atoms with E-state index in [0.29, 0.717) is 19.1 Å². The monoisotopic (exact) mass is 475 g/mol. The number of aryl methyl sites for hydroxylation is 1. The van der Waals surface area contributed by atoms with Crippen LogP contribution in [0.2, 0.25) is 0 Å². The van der Waals surface area contributed by atoms with Crippen molar-refractivity contribution in [3.63, 3.8) is 0 Å². The summed E-state index contributed by atoms with van der Waals surface area (Å²) < 4.78 is 28.3. The van der Waals surface area contributed by atoms with Gasteiger partial charge in [0.15, 0.2) is 0 Å². The Morgan fingerprint density at radius 2 is 1.94 bits per heavy atom. The minimum absolute atomic E-state index is 0.107. The van der Waals surface area contributed by atoms with Crippen LogP contribution < -0.4 is 20.8 Å². The molecule has 0 fully saturated rings. The fraction of sp³-hybridized carbons (Fsp3) is 0.259. The first kappa shape index (κ1) is 24.2. The normalized spacial score (nSPS) is 12.7. The lowest BCUT2D eigenvalue weighted by Gasteiger charge is -2.18. The number of aromatic nitrogens is 4. The van der Waals surface area contributed by atoms with Gasteiger partial charge in [-0.3, -0.25) is 0 Å². The topological polar surface area (TPSA) is 66.1 Å². The van der Waals surface area contributed by atoms with Gasteiger partial charge in [-0.25, -0.2) is 14.4 Å². The number of hydrogen-bond acceptors (Lipinski definition) is 5. The van der Waals surface area contributed by atoms with Crippen LogP contribution in [-0.4, -0.2) is 46.5 Å². The van der Waals surface area contributed by atoms with Gasteiger partial charge in [-0.05, 0) is 55.3 Å². The van der Waals surface area contributed by atoms with Crippen LogP contribution in [0.4, 0.5) is 10.3 Å². The van der Waals surface area contributed by atoms with Gasteiger partial charge in [0.2, 0.25) is 5.95 Å². The summed E-state index contributed by atoms with van der Waals surface area (Å²) >= 11 is 0. The van der Waals surface area contributed by atoms with Crippen LogP contribution in [0, 0.1) is 12.7 Å². The van der Waals surface area contributed by atoms with Gasteiger partial charge < -0.3 is 23.9 Å². The van der Waals surface area contributed by atoms with Crippen molar-refractivity contribution in [3.05, 3.63) is 88.3 Å². The van der Waals surface area contributed by atoms with Gasteiger partial charge in [-0.1, -0.05) is 24.8 Å². The van der Waals surface area contributed by atoms with Gasteiger partial charge in [0.25, 0.3) is 0 Å². The Labute approximate surface area is 204 Å². The molecule has 0 spiro atoms. The zero-order chi connectivity index (χ0) is 24.9. The second-order valence-corrected chi connectivity index (χ2v) is 8.28. The van der Waals surface area contributed by atoms with Crippen LogP contribution in [0.3, 0.4) is 0 Å². The molecule has 182 valence electrons. The van der Waals surface area contributed by atoms with Crippen LogP contribution in [-0.2, 0) is 4.74 Å². The van der Waals surface area contributed by atoms with Crippen LogP contribution in [0.25, 0.3) is 18.3 Å². The standard InChI is InChI=1S/C27H30FN5O2/c1-18-16-32(17-30-18)25-11-6-21(15-26(25)35-5)14-24-20(3)33(27(31-24)29-12-13-34-4)19(2)22-7-9-23(28)10-8-22/h6-11,14-17,19H,3,12-13H2,1-2,4-5H3,(H,29,31)/b24-14-/t19-/m0/s1. The van der Waals surface area contributed by atoms with E-state index in [1.54, 1.807) is 32.7 Å². The Bertz CT molecular complexity index is 1410. The molecule has 1 atom stereocenters. The first-order chi connectivity index (χ1) is 16.9. The molecule has 1 N–H and O–H groups in total. The van der Waals surface area contributed by atoms with E-state index in [9.17, 15) is 4.39 Å². The van der Waals surface area contributed by atoms with E-state index in [1.807, 2.05) is 53.5 Å². The molecule has 0 aliphatic carbocycles. The number of halogens is 1. The van der Waals surface area contributed by atoms with Crippen molar-refractivity contribution in [2.24, 2.45) is 0 Å². The molecule has 35 heavy (non-hydrogen) atoms. The van der Waals surface area contributed by atoms with Crippen molar-refractivity contribution in [1.82, 2.24) is 19.1 Å². The molecule has 0 radical (unpaired) electrons. The Balaban J connectivity index is 1.76. The van der Waals surface area contributed by atoms with Crippen LogP contribution >= 0.6 is 0 Å². The number of imidazole rings is 2. The molecule has 4 aromatic rings. The third-order valence-electron chi connectivity index (χ3n) is 5.87. The first-order valence-corrected chi connectivity index (χ1v) is 11.4. The number of nitrogens with zero attached hydrogens (tertiary/aromatic N) is 4. The maximum atomic E-state index is 13.5. The zero-order valence-corrected chi connectivity index (χ0v) is 20.5. The third kappa shape index (κ3) is 5.27. The molecular weight excluding hydrogens is 445 g/mol. The summed E-state index contributed by atoms with van der Waals surface area (Å²) in [5, 5.41) is 4.81. The Morgan fingerprint density at radius 3 is 2.60 bits per heavy atom. The Morgan fingerprint density at radius 1 is 1.17 bits per heavy atom. The number of ether oxygens (including phenoxy) is 2. The molecule has 8 heteroatoms. The van der Waals surface area contributed by atoms with Crippen molar-refractivity contribution in [2.75, 3.05) is 32.7 Å². The van der Waals surface area contributed by atoms with Gasteiger partial charge >= 0.3 is 0 Å². The maximum Gasteiger partial charge on any atom is 0.204 e. The number of methoxy groups -OCH3 is 2. The molecule has 0 amide bonds. The molecule has 7 nitrogen and oxygen atoms in total. The van der Waals surface area contributed by atoms with Gasteiger partial charge in [0, 0.05) is 19.9 Å². The molecule has 2 heterocycles. The predicted octanol–water partition coefficient (Wildman–Crippen LogP) is 3.43. The third-order valence-corrected chi connectivity index (χ3v) is 5.87. The highest BCUT2D eigenvalue weighted by Crippen LogP contribution is 2.25. The van der Waals surface area contributed by atoms with Crippen LogP contribution in [0.5, 0.6) is 5.75 Å². The van der Waals surface area contributed by atoms with Crippen LogP contribution in [0.15, 0.2) is 55.0 Å². The molecule has 0 saturated carbocycles. The fourth-order valence-corrected chi connectivity index (χ4v) is 4.00. The minimum Gasteiger partial charge on any atom is -0.495 e. The number of benzene rings is 2. The van der Waals surface area contributed by atoms with Gasteiger partial charge in [0.05, 0.1) is 48.2 Å². The van der Waals surface area contributed by atoms with Crippen molar-refractivity contribution >= 4 is 18.6 Å². The molecule has 4 rings (SSSR count). The SMILES string of the molecule is C=c1/c(=C/c2ccc(-n3cnc(C)c3)c(OC)c2)nc(NCCOC)n1[C@@H](C)c1ccc(F)cc1. The predicted molar refractivity (Wildman–Crippen MR) is 136 cm³/mol. The van der Waals surface area contributed by atoms with Crippen molar-refractivity contribution in [2.45, 2.75) is 19.9 Å². The average Bonchev–Trinajstić information content (AvgIpc) is 3.42. The summed E-state index contributed by atoms with van der Waals surface area (Å²) in [5.74, 6) is 1.13. The molecule has 0 saturated heterocycles. The summed E-state index contributed by atoms with van der Waals surface area (Å²) in [5.41, 5.74) is 3.71. The molecule has 2 aromatic heterocycles. The smallest absolute Gasteiger partial charge is 0.204 e. The summed E-state index contributed by atoms with van der Waals surface area (Å²) in [4.78, 5) is 9.13. The molecular formula is C27H30FN5O2. The van der Waals surface area contributed by atoms with Gasteiger partial charge in [0.1, 0.15) is 11.6 Å². The number of rotatable bonds is 9. The average molecular weight is 476 g/mol. The van der Waals surface area contributed by atoms with E-state index in [2.05, 4.69) is 16.9 Å². The van der Waals surface area contributed by atoms with Crippen LogP contribution in [0.1, 0.15) is 29.8 Å². The molecule has 2 aromatic carbocycles. The summed E-state index contributed by atoms with van der Waals surface area (Å²) in [6.45, 7) is 9.44. The highest BCUT2D eigenvalue weighted by Gasteiger charge is 2.15.